The van der Waals surface area contributed by atoms with E-state index >= 15 is 0 Å². The first-order valence-electron chi connectivity index (χ1n) is 6.43. The van der Waals surface area contributed by atoms with Gasteiger partial charge in [-0.3, -0.25) is 5.32 Å². The summed E-state index contributed by atoms with van der Waals surface area (Å²) in [6.07, 6.45) is -0.572. The topological polar surface area (TPSA) is 70.6 Å². The second-order valence-corrected chi connectivity index (χ2v) is 6.39. The number of nitrogens with one attached hydrogen (secondary N) is 2. The lowest BCUT2D eigenvalue weighted by atomic mass is 9.87. The highest BCUT2D eigenvalue weighted by molar-refractivity contribution is 6.31. The van der Waals surface area contributed by atoms with E-state index in [2.05, 4.69) is 10.6 Å². The van der Waals surface area contributed by atoms with Gasteiger partial charge in [-0.2, -0.15) is 0 Å². The first kappa shape index (κ1) is 15.1. The molecule has 6 heteroatoms. The predicted molar refractivity (Wildman–Crippen MR) is 78.1 cm³/mol. The lowest BCUT2D eigenvalue weighted by Gasteiger charge is -2.39. The third-order valence-corrected chi connectivity index (χ3v) is 3.19. The zero-order chi connectivity index (χ0) is 15.0. The highest BCUT2D eigenvalue weighted by Gasteiger charge is 2.38. The van der Waals surface area contributed by atoms with Crippen molar-refractivity contribution in [2.45, 2.75) is 32.0 Å². The van der Waals surface area contributed by atoms with Crippen molar-refractivity contribution in [1.29, 1.82) is 0 Å². The Morgan fingerprint density at radius 3 is 2.60 bits per heavy atom. The fourth-order valence-electron chi connectivity index (χ4n) is 1.99. The number of benzene rings is 1. The van der Waals surface area contributed by atoms with Crippen LogP contribution in [0.15, 0.2) is 18.2 Å². The Morgan fingerprint density at radius 2 is 2.10 bits per heavy atom. The van der Waals surface area contributed by atoms with Gasteiger partial charge < -0.3 is 15.2 Å². The summed E-state index contributed by atoms with van der Waals surface area (Å²) >= 11 is 5.96. The zero-order valence-electron chi connectivity index (χ0n) is 11.8. The normalized spacial score (nSPS) is 17.2. The fourth-order valence-corrected chi connectivity index (χ4v) is 2.16. The van der Waals surface area contributed by atoms with Crippen molar-refractivity contribution >= 4 is 23.4 Å². The molecule has 110 valence electrons. The predicted octanol–water partition coefficient (Wildman–Crippen LogP) is 2.48. The van der Waals surface area contributed by atoms with Gasteiger partial charge in [0, 0.05) is 23.7 Å². The van der Waals surface area contributed by atoms with Gasteiger partial charge in [-0.15, -0.1) is 0 Å². The summed E-state index contributed by atoms with van der Waals surface area (Å²) in [4.78, 5) is 11.9. The van der Waals surface area contributed by atoms with E-state index in [4.69, 9.17) is 16.3 Å². The van der Waals surface area contributed by atoms with Crippen LogP contribution in [0.3, 0.4) is 0 Å². The van der Waals surface area contributed by atoms with Crippen molar-refractivity contribution in [1.82, 2.24) is 5.32 Å². The molecule has 0 saturated carbocycles. The molecule has 1 aliphatic rings. The number of β-amino-alcohol motifs (C(OH)–C–C–N with tert-alkyl or cyclic N) is 1. The maximum atomic E-state index is 11.9. The molecule has 3 N–H and O–H groups in total. The minimum atomic E-state index is -0.977. The van der Waals surface area contributed by atoms with Crippen LogP contribution in [-0.2, 0) is 10.3 Å². The van der Waals surface area contributed by atoms with Gasteiger partial charge in [0.25, 0.3) is 0 Å². The number of ether oxygens (including phenoxy) is 1. The molecule has 5 nitrogen and oxygen atoms in total. The molecule has 0 aliphatic carbocycles. The van der Waals surface area contributed by atoms with E-state index in [1.54, 1.807) is 39.0 Å². The summed E-state index contributed by atoms with van der Waals surface area (Å²) in [5.74, 6) is 0. The number of anilines is 1. The number of amides is 1. The fraction of sp³-hybridized carbons (Fsp3) is 0.500. The summed E-state index contributed by atoms with van der Waals surface area (Å²) in [7, 11) is 0. The number of carbonyl (C=O) groups excluding carboxylic acids is 1. The molecule has 1 aromatic carbocycles. The molecule has 0 unspecified atom stereocenters. The molecule has 1 amide bonds. The Hall–Kier alpha value is -1.30. The molecular weight excluding hydrogens is 280 g/mol. The monoisotopic (exact) mass is 298 g/mol. The average molecular weight is 299 g/mol. The molecule has 1 saturated heterocycles. The zero-order valence-corrected chi connectivity index (χ0v) is 12.5. The maximum Gasteiger partial charge on any atom is 0.412 e. The van der Waals surface area contributed by atoms with Crippen LogP contribution >= 0.6 is 11.6 Å². The molecule has 0 radical (unpaired) electrons. The van der Waals surface area contributed by atoms with Gasteiger partial charge in [-0.25, -0.2) is 4.79 Å². The lowest BCUT2D eigenvalue weighted by molar-refractivity contribution is -0.0140. The Labute approximate surface area is 123 Å². The molecule has 1 aromatic rings. The van der Waals surface area contributed by atoms with Crippen LogP contribution in [-0.4, -0.2) is 29.9 Å². The summed E-state index contributed by atoms with van der Waals surface area (Å²) in [6.45, 7) is 6.24. The second kappa shape index (κ2) is 5.24. The van der Waals surface area contributed by atoms with Crippen molar-refractivity contribution in [3.05, 3.63) is 28.8 Å². The van der Waals surface area contributed by atoms with E-state index < -0.39 is 17.3 Å². The van der Waals surface area contributed by atoms with Crippen LogP contribution in [0.25, 0.3) is 0 Å². The van der Waals surface area contributed by atoms with Crippen molar-refractivity contribution < 1.29 is 14.6 Å². The van der Waals surface area contributed by atoms with Crippen molar-refractivity contribution in [2.24, 2.45) is 0 Å². The molecular formula is C14H19ClN2O3. The molecule has 1 heterocycles. The minimum Gasteiger partial charge on any atom is -0.444 e. The van der Waals surface area contributed by atoms with Crippen molar-refractivity contribution in [3.8, 4) is 0 Å². The largest absolute Gasteiger partial charge is 0.444 e. The van der Waals surface area contributed by atoms with E-state index in [9.17, 15) is 9.90 Å². The number of halogens is 1. The first-order chi connectivity index (χ1) is 9.20. The van der Waals surface area contributed by atoms with Gasteiger partial charge in [-0.1, -0.05) is 17.7 Å². The van der Waals surface area contributed by atoms with Gasteiger partial charge >= 0.3 is 6.09 Å². The number of aliphatic hydroxyl groups is 1. The van der Waals surface area contributed by atoms with E-state index in [1.807, 2.05) is 0 Å². The van der Waals surface area contributed by atoms with Crippen molar-refractivity contribution in [2.75, 3.05) is 18.4 Å². The molecule has 0 bridgehead atoms. The lowest BCUT2D eigenvalue weighted by Crippen LogP contribution is -2.57. The third kappa shape index (κ3) is 3.42. The molecule has 2 rings (SSSR count). The second-order valence-electron chi connectivity index (χ2n) is 5.95. The first-order valence-corrected chi connectivity index (χ1v) is 6.81. The molecule has 1 aliphatic heterocycles. The standard InChI is InChI=1S/C14H19ClN2O3/c1-13(2,3)20-12(18)17-11-6-9(15)4-5-10(11)14(19)7-16-8-14/h4-6,16,19H,7-8H2,1-3H3,(H,17,18). The Kier molecular flexibility index (Phi) is 3.95. The van der Waals surface area contributed by atoms with E-state index in [1.165, 1.54) is 0 Å². The van der Waals surface area contributed by atoms with Crippen LogP contribution in [0.2, 0.25) is 5.02 Å². The van der Waals surface area contributed by atoms with Gasteiger partial charge in [0.2, 0.25) is 0 Å². The minimum absolute atomic E-state index is 0.442. The third-order valence-electron chi connectivity index (χ3n) is 2.95. The quantitative estimate of drug-likeness (QED) is 0.784. The van der Waals surface area contributed by atoms with Crippen LogP contribution in [0.1, 0.15) is 26.3 Å². The average Bonchev–Trinajstić information content (AvgIpc) is 2.23. The summed E-state index contributed by atoms with van der Waals surface area (Å²) in [5, 5.41) is 16.5. The van der Waals surface area contributed by atoms with E-state index in [0.29, 0.717) is 29.4 Å². The maximum absolute atomic E-state index is 11.9. The van der Waals surface area contributed by atoms with Crippen LogP contribution in [0.4, 0.5) is 10.5 Å². The van der Waals surface area contributed by atoms with Gasteiger partial charge in [0.05, 0.1) is 5.69 Å². The number of hydrogen-bond acceptors (Lipinski definition) is 4. The smallest absolute Gasteiger partial charge is 0.412 e. The summed E-state index contributed by atoms with van der Waals surface area (Å²) in [6, 6.07) is 5.01. The summed E-state index contributed by atoms with van der Waals surface area (Å²) in [5.41, 5.74) is -0.464. The summed E-state index contributed by atoms with van der Waals surface area (Å²) < 4.78 is 5.21. The van der Waals surface area contributed by atoms with Gasteiger partial charge in [0.1, 0.15) is 11.2 Å². The van der Waals surface area contributed by atoms with Crippen LogP contribution < -0.4 is 10.6 Å². The molecule has 0 atom stereocenters. The van der Waals surface area contributed by atoms with Gasteiger partial charge in [0.15, 0.2) is 0 Å². The number of hydrogen-bond donors (Lipinski definition) is 3. The molecule has 20 heavy (non-hydrogen) atoms. The van der Waals surface area contributed by atoms with Crippen molar-refractivity contribution in [3.63, 3.8) is 0 Å². The molecule has 0 spiro atoms. The Morgan fingerprint density at radius 1 is 1.45 bits per heavy atom. The van der Waals surface area contributed by atoms with E-state index in [0.717, 1.165) is 0 Å². The Bertz CT molecular complexity index is 522. The molecule has 0 aromatic heterocycles. The number of carbonyl (C=O) groups is 1. The number of rotatable bonds is 2. The van der Waals surface area contributed by atoms with Gasteiger partial charge in [-0.05, 0) is 32.9 Å². The Balaban J connectivity index is 2.22. The van der Waals surface area contributed by atoms with E-state index in [-0.39, 0.29) is 0 Å². The SMILES string of the molecule is CC(C)(C)OC(=O)Nc1cc(Cl)ccc1C1(O)CNC1. The highest BCUT2D eigenvalue weighted by atomic mass is 35.5. The van der Waals surface area contributed by atoms with Crippen LogP contribution in [0.5, 0.6) is 0 Å². The highest BCUT2D eigenvalue weighted by Crippen LogP contribution is 2.33. The van der Waals surface area contributed by atoms with Crippen LogP contribution in [0, 0.1) is 0 Å². The molecule has 1 fully saturated rings.